The lowest BCUT2D eigenvalue weighted by Gasteiger charge is -2.37. The molecule has 273 valence electrons. The summed E-state index contributed by atoms with van der Waals surface area (Å²) in [7, 11) is -2.68. The van der Waals surface area contributed by atoms with Crippen LogP contribution in [0.3, 0.4) is 0 Å². The first kappa shape index (κ1) is 44.4. The number of ether oxygens (including phenoxy) is 2. The molecule has 0 saturated heterocycles. The van der Waals surface area contributed by atoms with E-state index >= 15 is 0 Å². The number of amides is 1. The smallest absolute Gasteiger partial charge is 0.431 e. The highest BCUT2D eigenvalue weighted by Crippen LogP contribution is 2.15. The first-order valence-electron chi connectivity index (χ1n) is 17.0. The van der Waals surface area contributed by atoms with Crippen molar-refractivity contribution >= 4 is 65.6 Å². The molecule has 0 atom stereocenters. The average Bonchev–Trinajstić information content (AvgIpc) is 3.00. The summed E-state index contributed by atoms with van der Waals surface area (Å²) in [6.45, 7) is 13.3. The number of nitrogens with zero attached hydrogens (tertiary/aromatic N) is 4. The molecule has 16 nitrogen and oxygen atoms in total. The van der Waals surface area contributed by atoms with Crippen LogP contribution in [0.15, 0.2) is 34.1 Å². The fraction of sp³-hybridized carbons (Fsp3) is 0.621. The maximum absolute atomic E-state index is 11.9. The van der Waals surface area contributed by atoms with Gasteiger partial charge in [-0.25, -0.2) is 4.79 Å². The molecule has 1 aromatic rings. The molecule has 1 amide bonds. The number of carbonyl (C=O) groups excluding carboxylic acids is 2. The molecule has 1 aromatic carbocycles. The first-order valence-corrected chi connectivity index (χ1v) is 17.0. The Bertz CT molecular complexity index is 1220. The van der Waals surface area contributed by atoms with Gasteiger partial charge in [0.05, 0.1) is 6.61 Å². The van der Waals surface area contributed by atoms with Crippen molar-refractivity contribution in [1.82, 2.24) is 25.5 Å². The second kappa shape index (κ2) is 23.7. The molecule has 0 aliphatic carbocycles. The fourth-order valence-corrected chi connectivity index (χ4v) is 4.56. The maximum Gasteiger partial charge on any atom is 0.431 e. The van der Waals surface area contributed by atoms with Crippen molar-refractivity contribution in [3.05, 3.63) is 29.8 Å². The quantitative estimate of drug-likeness (QED) is 0.0314. The van der Waals surface area contributed by atoms with Crippen molar-refractivity contribution < 1.29 is 39.2 Å². The van der Waals surface area contributed by atoms with E-state index in [-0.39, 0.29) is 5.84 Å². The summed E-state index contributed by atoms with van der Waals surface area (Å²) in [5, 5.41) is 57.3. The van der Waals surface area contributed by atoms with Gasteiger partial charge in [-0.2, -0.15) is 0 Å². The zero-order valence-electron chi connectivity index (χ0n) is 30.6. The second-order valence-corrected chi connectivity index (χ2v) is 12.7. The minimum atomic E-state index is -1.06. The van der Waals surface area contributed by atoms with Crippen molar-refractivity contribution in [3.63, 3.8) is 0 Å². The Balaban J connectivity index is 2.66. The summed E-state index contributed by atoms with van der Waals surface area (Å²) in [5.74, 6) is 1.11. The molecule has 0 fully saturated rings. The Morgan fingerprint density at radius 1 is 0.940 bits per heavy atom. The van der Waals surface area contributed by atoms with E-state index in [4.69, 9.17) is 14.9 Å². The number of amidine groups is 1. The molecule has 0 heterocycles. The first-order chi connectivity index (χ1) is 23.5. The summed E-state index contributed by atoms with van der Waals surface area (Å²) in [4.78, 5) is 34.1. The number of carbonyl (C=O) groups is 2. The Morgan fingerprint density at radius 2 is 1.52 bits per heavy atom. The third-order valence-corrected chi connectivity index (χ3v) is 6.78. The van der Waals surface area contributed by atoms with Crippen molar-refractivity contribution in [2.45, 2.75) is 92.2 Å². The van der Waals surface area contributed by atoms with Gasteiger partial charge >= 0.3 is 41.7 Å². The zero-order valence-corrected chi connectivity index (χ0v) is 30.6. The van der Waals surface area contributed by atoms with Gasteiger partial charge in [0, 0.05) is 25.2 Å². The van der Waals surface area contributed by atoms with Gasteiger partial charge < -0.3 is 59.4 Å². The summed E-state index contributed by atoms with van der Waals surface area (Å²) in [5.41, 5.74) is -0.173. The van der Waals surface area contributed by atoms with Crippen LogP contribution in [0.25, 0.3) is 0 Å². The SMILES string of the molecule is CB(O)N=C(N(CCCCCCNC(=N[B]C=O)NB(C)O)B(C)O)N(CCCCOc1ccc(C(=N)NC(=O)OC(C)(C)C)cc1)B(C)O. The highest BCUT2D eigenvalue weighted by Gasteiger charge is 2.29. The van der Waals surface area contributed by atoms with Gasteiger partial charge in [0.2, 0.25) is 0 Å². The predicted molar refractivity (Wildman–Crippen MR) is 203 cm³/mol. The molecule has 1 radical (unpaired) electrons. The average molecular weight is 697 g/mol. The highest BCUT2D eigenvalue weighted by molar-refractivity contribution is 6.66. The molecule has 0 aliphatic rings. The van der Waals surface area contributed by atoms with E-state index in [0.717, 1.165) is 26.7 Å². The van der Waals surface area contributed by atoms with Gasteiger partial charge in [0.1, 0.15) is 23.4 Å². The van der Waals surface area contributed by atoms with E-state index in [1.54, 1.807) is 75.1 Å². The zero-order chi connectivity index (χ0) is 37.7. The molecule has 0 spiro atoms. The Hall–Kier alpha value is -3.67. The molecule has 0 aliphatic heterocycles. The molecule has 21 heteroatoms. The standard InChI is InChI=1S/C29H54B5N8O8/c1-29(2,3)50-28(44)37-25(35)23-14-16-24(17-15-23)49-21-13-12-20-42(34(7)48)27(40-32(5)46)41(33(6)47)19-11-9-8-10-18-36-26(38-30-22-43)39-31(4)45/h14-17,22,45-48H,8-13,18-21H2,1-7H3,(H2,35,37,44)(H2,36,38,39). The van der Waals surface area contributed by atoms with Gasteiger partial charge in [0.15, 0.2) is 11.9 Å². The molecule has 0 aromatic heterocycles. The number of unbranched alkanes of at least 4 members (excludes halogenated alkanes) is 4. The number of guanidine groups is 2. The van der Waals surface area contributed by atoms with Gasteiger partial charge in [0.25, 0.3) is 0 Å². The number of benzene rings is 1. The normalized spacial score (nSPS) is 11.6. The van der Waals surface area contributed by atoms with Crippen LogP contribution in [0.2, 0.25) is 27.3 Å². The highest BCUT2D eigenvalue weighted by atomic mass is 16.6. The van der Waals surface area contributed by atoms with E-state index in [0.29, 0.717) is 74.9 Å². The van der Waals surface area contributed by atoms with Gasteiger partial charge in [-0.05, 0) is 98.0 Å². The minimum absolute atomic E-state index is 0.0869. The van der Waals surface area contributed by atoms with Crippen LogP contribution in [-0.4, -0.2) is 127 Å². The monoisotopic (exact) mass is 697 g/mol. The van der Waals surface area contributed by atoms with E-state index in [9.17, 15) is 29.7 Å². The number of alkyl carbamates (subject to hydrolysis) is 1. The van der Waals surface area contributed by atoms with E-state index in [1.165, 1.54) is 6.82 Å². The van der Waals surface area contributed by atoms with Crippen molar-refractivity contribution in [1.29, 1.82) is 5.41 Å². The van der Waals surface area contributed by atoms with Gasteiger partial charge in [-0.1, -0.05) is 12.8 Å². The van der Waals surface area contributed by atoms with Crippen LogP contribution in [0.1, 0.15) is 64.9 Å². The summed E-state index contributed by atoms with van der Waals surface area (Å²) in [6.07, 6.45) is 4.31. The third kappa shape index (κ3) is 19.5. The molecule has 0 bridgehead atoms. The predicted octanol–water partition coefficient (Wildman–Crippen LogP) is 1.00. The summed E-state index contributed by atoms with van der Waals surface area (Å²) < 4.78 is 11.0. The lowest BCUT2D eigenvalue weighted by molar-refractivity contribution is 0.0563. The van der Waals surface area contributed by atoms with Crippen molar-refractivity contribution in [3.8, 4) is 5.75 Å². The molecule has 8 N–H and O–H groups in total. The van der Waals surface area contributed by atoms with Crippen LogP contribution < -0.4 is 20.6 Å². The van der Waals surface area contributed by atoms with Crippen LogP contribution in [-0.2, 0) is 9.53 Å². The topological polar surface area (TPSA) is 225 Å². The van der Waals surface area contributed by atoms with Crippen LogP contribution >= 0.6 is 0 Å². The van der Waals surface area contributed by atoms with Crippen LogP contribution in [0.5, 0.6) is 5.75 Å². The largest absolute Gasteiger partial charge is 0.494 e. The van der Waals surface area contributed by atoms with Crippen LogP contribution in [0, 0.1) is 5.41 Å². The minimum Gasteiger partial charge on any atom is -0.494 e. The Morgan fingerprint density at radius 3 is 2.04 bits per heavy atom. The Labute approximate surface area is 299 Å². The number of hydrogen-bond acceptors (Lipinski definition) is 11. The van der Waals surface area contributed by atoms with E-state index < -0.39 is 39.9 Å². The van der Waals surface area contributed by atoms with Crippen molar-refractivity contribution in [2.75, 3.05) is 26.2 Å². The summed E-state index contributed by atoms with van der Waals surface area (Å²) >= 11 is 0. The van der Waals surface area contributed by atoms with Crippen molar-refractivity contribution in [2.24, 2.45) is 9.81 Å². The summed E-state index contributed by atoms with van der Waals surface area (Å²) in [6, 6.07) is 6.76. The third-order valence-electron chi connectivity index (χ3n) is 6.78. The molecule has 0 saturated carbocycles. The Kier molecular flexibility index (Phi) is 21.0. The molecular formula is C29H54B5N8O8. The van der Waals surface area contributed by atoms with Gasteiger partial charge in [-0.15, -0.1) is 0 Å². The number of hydrogen-bond donors (Lipinski definition) is 8. The molecule has 0 unspecified atom stereocenters. The lowest BCUT2D eigenvalue weighted by atomic mass is 9.80. The van der Waals surface area contributed by atoms with Gasteiger partial charge in [-0.3, -0.25) is 15.6 Å². The fourth-order valence-electron chi connectivity index (χ4n) is 4.56. The van der Waals surface area contributed by atoms with E-state index in [1.807, 2.05) is 0 Å². The molecule has 50 heavy (non-hydrogen) atoms. The van der Waals surface area contributed by atoms with E-state index in [2.05, 4.69) is 25.7 Å². The van der Waals surface area contributed by atoms with Crippen LogP contribution in [0.4, 0.5) is 4.79 Å². The number of nitrogens with one attached hydrogen (secondary N) is 4. The number of rotatable bonds is 20. The maximum atomic E-state index is 11.9. The molecule has 1 rings (SSSR count). The lowest BCUT2D eigenvalue weighted by Crippen LogP contribution is -2.56. The molecular weight excluding hydrogens is 642 g/mol. The second-order valence-electron chi connectivity index (χ2n) is 12.7.